The number of hydrogen-bond donors (Lipinski definition) is 0. The van der Waals surface area contributed by atoms with E-state index in [9.17, 15) is 0 Å². The Morgan fingerprint density at radius 1 is 0.256 bits per heavy atom. The maximum absolute atomic E-state index is 4.08. The van der Waals surface area contributed by atoms with Crippen molar-refractivity contribution in [2.45, 2.75) is 43.9 Å². The van der Waals surface area contributed by atoms with E-state index in [-0.39, 0.29) is 10.8 Å². The molecule has 388 valence electrons. The van der Waals surface area contributed by atoms with E-state index in [1.165, 1.54) is 134 Å². The molecule has 12 aromatic rings. The van der Waals surface area contributed by atoms with E-state index >= 15 is 0 Å². The summed E-state index contributed by atoms with van der Waals surface area (Å²) in [7, 11) is 0. The molecule has 0 saturated heterocycles. The molecule has 1 nitrogen and oxygen atoms in total. The number of anilines is 3. The van der Waals surface area contributed by atoms with Crippen LogP contribution in [0.3, 0.4) is 0 Å². The second kappa shape index (κ2) is 17.8. The van der Waals surface area contributed by atoms with Crippen LogP contribution >= 0.6 is 0 Å². The van der Waals surface area contributed by atoms with E-state index in [1.54, 1.807) is 0 Å². The van der Waals surface area contributed by atoms with Gasteiger partial charge in [-0.1, -0.05) is 247 Å². The molecular weight excluding hydrogens is 987 g/mol. The zero-order chi connectivity index (χ0) is 55.1. The van der Waals surface area contributed by atoms with Gasteiger partial charge < -0.3 is 4.90 Å². The van der Waals surface area contributed by atoms with Gasteiger partial charge in [0, 0.05) is 27.9 Å². The molecule has 0 aliphatic heterocycles. The van der Waals surface area contributed by atoms with Crippen molar-refractivity contribution in [2.75, 3.05) is 4.90 Å². The van der Waals surface area contributed by atoms with Crippen LogP contribution in [0.1, 0.15) is 77.8 Å². The Morgan fingerprint density at radius 3 is 1.12 bits per heavy atom. The fourth-order valence-electron chi connectivity index (χ4n) is 15.0. The topological polar surface area (TPSA) is 3.24 Å². The van der Waals surface area contributed by atoms with Gasteiger partial charge in [-0.15, -0.1) is 0 Å². The molecule has 0 aromatic heterocycles. The largest absolute Gasteiger partial charge is 0.310 e. The quantitative estimate of drug-likeness (QED) is 0.147. The maximum Gasteiger partial charge on any atom is 0.0725 e. The fraction of sp³-hybridized carbons (Fsp3) is 0.0864. The van der Waals surface area contributed by atoms with Crippen LogP contribution in [-0.4, -0.2) is 0 Å². The summed E-state index contributed by atoms with van der Waals surface area (Å²) < 4.78 is 0. The first-order valence-corrected chi connectivity index (χ1v) is 28.9. The second-order valence-electron chi connectivity index (χ2n) is 24.0. The Hall–Kier alpha value is -9.82. The Labute approximate surface area is 481 Å². The predicted molar refractivity (Wildman–Crippen MR) is 344 cm³/mol. The zero-order valence-corrected chi connectivity index (χ0v) is 46.6. The highest BCUT2D eigenvalue weighted by Gasteiger charge is 2.52. The van der Waals surface area contributed by atoms with Crippen LogP contribution in [-0.2, 0) is 16.2 Å². The lowest BCUT2D eigenvalue weighted by atomic mass is 9.70. The van der Waals surface area contributed by atoms with Crippen LogP contribution in [0.5, 0.6) is 0 Å². The summed E-state index contributed by atoms with van der Waals surface area (Å²) in [5.41, 5.74) is 34.7. The highest BCUT2D eigenvalue weighted by molar-refractivity contribution is 5.97. The van der Waals surface area contributed by atoms with E-state index in [4.69, 9.17) is 0 Å². The number of fused-ring (bicyclic) bond motifs is 16. The average molecular weight is 1050 g/mol. The molecular formula is C81H59N. The van der Waals surface area contributed by atoms with E-state index < -0.39 is 5.41 Å². The van der Waals surface area contributed by atoms with Gasteiger partial charge in [-0.3, -0.25) is 0 Å². The molecule has 0 bridgehead atoms. The van der Waals surface area contributed by atoms with Crippen molar-refractivity contribution in [3.63, 3.8) is 0 Å². The van der Waals surface area contributed by atoms with Gasteiger partial charge in [-0.25, -0.2) is 0 Å². The molecule has 0 N–H and O–H groups in total. The van der Waals surface area contributed by atoms with E-state index in [2.05, 4.69) is 306 Å². The molecule has 4 aliphatic carbocycles. The minimum Gasteiger partial charge on any atom is -0.310 e. The van der Waals surface area contributed by atoms with Crippen LogP contribution in [0, 0.1) is 0 Å². The van der Waals surface area contributed by atoms with Crippen LogP contribution in [0.2, 0.25) is 0 Å². The first-order chi connectivity index (χ1) is 40.1. The summed E-state index contributed by atoms with van der Waals surface area (Å²) in [6, 6.07) is 101. The van der Waals surface area contributed by atoms with Crippen LogP contribution in [0.4, 0.5) is 17.1 Å². The standard InChI is InChI=1S/C81H59N/c1-6-51-17-16-20-56(45-51)59-35-42-70-65-23-12-15-26-73(65)81(78(70)48-59)72-25-14-11-22-64(72)69-41-34-58(47-77(69)81)55-29-27-54(28-30-55)57-33-40-66-68-44-39-62(50-76(68)80(4,5)74(66)46-57)82(60-36-31-53(32-37-60)52-18-8-7-9-19-52)61-38-43-67-63-21-10-13-24-71(63)79(2,3)75(67)49-61/h6-50H,1H2,2-5H3. The van der Waals surface area contributed by atoms with Gasteiger partial charge in [-0.05, 0) is 200 Å². The Balaban J connectivity index is 0.748. The third kappa shape index (κ3) is 6.93. The summed E-state index contributed by atoms with van der Waals surface area (Å²) >= 11 is 0. The zero-order valence-electron chi connectivity index (χ0n) is 46.6. The number of hydrogen-bond acceptors (Lipinski definition) is 1. The smallest absolute Gasteiger partial charge is 0.0725 e. The van der Waals surface area contributed by atoms with Crippen molar-refractivity contribution < 1.29 is 0 Å². The van der Waals surface area contributed by atoms with Crippen LogP contribution in [0.15, 0.2) is 273 Å². The first kappa shape index (κ1) is 48.1. The molecule has 0 fully saturated rings. The molecule has 1 atom stereocenters. The van der Waals surface area contributed by atoms with E-state index in [1.807, 2.05) is 6.08 Å². The Bertz CT molecular complexity index is 4610. The van der Waals surface area contributed by atoms with Crippen molar-refractivity contribution in [3.05, 3.63) is 324 Å². The molecule has 0 heterocycles. The monoisotopic (exact) mass is 1050 g/mol. The van der Waals surface area contributed by atoms with Crippen molar-refractivity contribution in [1.29, 1.82) is 0 Å². The van der Waals surface area contributed by atoms with Crippen LogP contribution < -0.4 is 4.90 Å². The summed E-state index contributed by atoms with van der Waals surface area (Å²) in [5.74, 6) is 0. The van der Waals surface area contributed by atoms with Gasteiger partial charge >= 0.3 is 0 Å². The molecule has 1 unspecified atom stereocenters. The lowest BCUT2D eigenvalue weighted by molar-refractivity contribution is 0.660. The number of benzene rings is 12. The fourth-order valence-corrected chi connectivity index (χ4v) is 15.0. The minimum absolute atomic E-state index is 0.121. The van der Waals surface area contributed by atoms with Gasteiger partial charge in [0.25, 0.3) is 0 Å². The second-order valence-corrected chi connectivity index (χ2v) is 24.0. The third-order valence-electron chi connectivity index (χ3n) is 19.1. The Morgan fingerprint density at radius 2 is 0.585 bits per heavy atom. The first-order valence-electron chi connectivity index (χ1n) is 28.9. The van der Waals surface area contributed by atoms with E-state index in [0.717, 1.165) is 22.6 Å². The lowest BCUT2D eigenvalue weighted by Crippen LogP contribution is -2.26. The molecule has 4 aliphatic rings. The highest BCUT2D eigenvalue weighted by Crippen LogP contribution is 2.64. The van der Waals surface area contributed by atoms with Gasteiger partial charge in [0.1, 0.15) is 0 Å². The Kier molecular flexibility index (Phi) is 10.5. The van der Waals surface area contributed by atoms with Crippen molar-refractivity contribution in [2.24, 2.45) is 0 Å². The molecule has 12 aromatic carbocycles. The molecule has 1 heteroatoms. The predicted octanol–water partition coefficient (Wildman–Crippen LogP) is 21.4. The normalized spacial score (nSPS) is 15.6. The SMILES string of the molecule is C=Cc1cccc(-c2ccc3c(c2)C2(c4ccccc4-c4ccc(-c5ccc(-c6ccc7c(c6)C(C)(C)c6cc(N(c8ccc(-c9ccccc9)cc8)c8ccc9c(c8)C(C)(C)c8ccccc8-9)ccc6-7)cc5)cc42)c2ccccc2-3)c1. The van der Waals surface area contributed by atoms with Crippen molar-refractivity contribution in [3.8, 4) is 89.0 Å². The van der Waals surface area contributed by atoms with Gasteiger partial charge in [0.15, 0.2) is 0 Å². The van der Waals surface area contributed by atoms with Crippen LogP contribution in [0.25, 0.3) is 95.1 Å². The maximum atomic E-state index is 4.08. The molecule has 82 heavy (non-hydrogen) atoms. The third-order valence-corrected chi connectivity index (χ3v) is 19.1. The van der Waals surface area contributed by atoms with E-state index in [0.29, 0.717) is 0 Å². The molecule has 0 radical (unpaired) electrons. The molecule has 16 rings (SSSR count). The van der Waals surface area contributed by atoms with Gasteiger partial charge in [0.2, 0.25) is 0 Å². The molecule has 1 spiro atoms. The molecule has 0 amide bonds. The number of nitrogens with zero attached hydrogens (tertiary/aromatic N) is 1. The summed E-state index contributed by atoms with van der Waals surface area (Å²) in [6.07, 6.45) is 1.93. The summed E-state index contributed by atoms with van der Waals surface area (Å²) in [6.45, 7) is 13.6. The minimum atomic E-state index is -0.464. The lowest BCUT2D eigenvalue weighted by Gasteiger charge is -2.31. The molecule has 0 saturated carbocycles. The number of rotatable bonds is 8. The average Bonchev–Trinajstić information content (AvgIpc) is 1.68. The highest BCUT2D eigenvalue weighted by atomic mass is 15.1. The van der Waals surface area contributed by atoms with Gasteiger partial charge in [-0.2, -0.15) is 0 Å². The van der Waals surface area contributed by atoms with Gasteiger partial charge in [0.05, 0.1) is 5.41 Å². The summed E-state index contributed by atoms with van der Waals surface area (Å²) in [5, 5.41) is 0. The van der Waals surface area contributed by atoms with Crippen molar-refractivity contribution >= 4 is 23.1 Å². The summed E-state index contributed by atoms with van der Waals surface area (Å²) in [4.78, 5) is 2.46. The van der Waals surface area contributed by atoms with Crippen molar-refractivity contribution in [1.82, 2.24) is 0 Å².